The van der Waals surface area contributed by atoms with E-state index < -0.39 is 47.2 Å². The normalized spacial score (nSPS) is 26.3. The fourth-order valence-electron chi connectivity index (χ4n) is 7.32. The number of hydrogen-bond acceptors (Lipinski definition) is 5. The predicted octanol–water partition coefficient (Wildman–Crippen LogP) is 2.69. The molecule has 0 spiro atoms. The lowest BCUT2D eigenvalue weighted by Gasteiger charge is -2.44. The highest BCUT2D eigenvalue weighted by Gasteiger charge is 2.70. The number of hydrogen-bond donors (Lipinski definition) is 4. The molecule has 1 heterocycles. The molecule has 0 bridgehead atoms. The molecule has 10 nitrogen and oxygen atoms in total. The summed E-state index contributed by atoms with van der Waals surface area (Å²) in [4.78, 5) is 67.4. The second-order valence-electron chi connectivity index (χ2n) is 15.1. The molecule has 43 heavy (non-hydrogen) atoms. The smallest absolute Gasteiger partial charge is 0.315 e. The molecule has 0 radical (unpaired) electrons. The predicted molar refractivity (Wildman–Crippen MR) is 161 cm³/mol. The molecule has 10 heteroatoms. The number of primary amides is 1. The SMILES string of the molecule is CC(C)(C)[C@H](NC(=O)NC1(Cc2ccccc2)CCC1)C(=O)N1C[C@H]2C([C@H]1C(=O)NC(CC1CC1)C(=O)C(N)=O)C2(C)C. The van der Waals surface area contributed by atoms with Crippen molar-refractivity contribution in [3.05, 3.63) is 35.9 Å². The second kappa shape index (κ2) is 11.2. The second-order valence-corrected chi connectivity index (χ2v) is 15.1. The van der Waals surface area contributed by atoms with Crippen LogP contribution in [0.1, 0.15) is 78.7 Å². The van der Waals surface area contributed by atoms with Gasteiger partial charge in [-0.25, -0.2) is 4.79 Å². The average Bonchev–Trinajstić information content (AvgIpc) is 3.76. The highest BCUT2D eigenvalue weighted by atomic mass is 16.2. The number of nitrogens with zero attached hydrogens (tertiary/aromatic N) is 1. The number of likely N-dealkylation sites (tertiary alicyclic amines) is 1. The van der Waals surface area contributed by atoms with Crippen molar-refractivity contribution in [3.8, 4) is 0 Å². The minimum Gasteiger partial charge on any atom is -0.363 e. The molecule has 1 aromatic carbocycles. The molecule has 3 aliphatic carbocycles. The first-order valence-corrected chi connectivity index (χ1v) is 15.7. The van der Waals surface area contributed by atoms with Crippen molar-refractivity contribution in [1.82, 2.24) is 20.9 Å². The van der Waals surface area contributed by atoms with E-state index in [1.165, 1.54) is 0 Å². The summed E-state index contributed by atoms with van der Waals surface area (Å²) in [6.07, 6.45) is 5.72. The largest absolute Gasteiger partial charge is 0.363 e. The van der Waals surface area contributed by atoms with Crippen LogP contribution in [0.2, 0.25) is 0 Å². The number of nitrogens with one attached hydrogen (secondary N) is 3. The molecule has 5 amide bonds. The number of benzene rings is 1. The lowest BCUT2D eigenvalue weighted by atomic mass is 9.73. The van der Waals surface area contributed by atoms with Crippen LogP contribution in [0, 0.1) is 28.6 Å². The van der Waals surface area contributed by atoms with Crippen LogP contribution < -0.4 is 21.7 Å². The van der Waals surface area contributed by atoms with Gasteiger partial charge in [-0.15, -0.1) is 0 Å². The van der Waals surface area contributed by atoms with E-state index in [-0.39, 0.29) is 34.6 Å². The van der Waals surface area contributed by atoms with Gasteiger partial charge in [0.1, 0.15) is 12.1 Å². The van der Waals surface area contributed by atoms with Crippen LogP contribution >= 0.6 is 0 Å². The molecule has 5 atom stereocenters. The molecular formula is C33H47N5O5. The van der Waals surface area contributed by atoms with Crippen LogP contribution in [-0.4, -0.2) is 64.6 Å². The maximum Gasteiger partial charge on any atom is 0.315 e. The summed E-state index contributed by atoms with van der Waals surface area (Å²) in [7, 11) is 0. The fourth-order valence-corrected chi connectivity index (χ4v) is 7.32. The van der Waals surface area contributed by atoms with Crippen molar-refractivity contribution in [3.63, 3.8) is 0 Å². The number of ketones is 1. The third-order valence-electron chi connectivity index (χ3n) is 10.4. The standard InChI is InChI=1S/C33H47N5O5/c1-31(2,3)26(36-30(43)37-33(14-9-15-33)17-20-10-7-6-8-11-20)29(42)38-18-21-23(32(21,4)5)24(38)28(41)35-22(16-19-12-13-19)25(39)27(34)40/h6-8,10-11,19,21-24,26H,9,12-18H2,1-5H3,(H2,34,40)(H,35,41)(H2,36,37,43)/t21-,22?,23?,24-,26+/m0/s1. The first kappa shape index (κ1) is 31.0. The zero-order valence-corrected chi connectivity index (χ0v) is 26.1. The zero-order valence-electron chi connectivity index (χ0n) is 26.1. The monoisotopic (exact) mass is 593 g/mol. The number of amides is 5. The van der Waals surface area contributed by atoms with Gasteiger partial charge in [0.2, 0.25) is 17.6 Å². The van der Waals surface area contributed by atoms with Gasteiger partial charge in [0.25, 0.3) is 5.91 Å². The summed E-state index contributed by atoms with van der Waals surface area (Å²) in [5.74, 6) is -2.34. The molecule has 1 aromatic rings. The Bertz CT molecular complexity index is 1280. The Kier molecular flexibility index (Phi) is 8.11. The molecule has 4 aliphatic rings. The van der Waals surface area contributed by atoms with Crippen LogP contribution in [0.3, 0.4) is 0 Å². The molecule has 0 aromatic heterocycles. The summed E-state index contributed by atoms with van der Waals surface area (Å²) in [5, 5.41) is 8.95. The average molecular weight is 594 g/mol. The van der Waals surface area contributed by atoms with Crippen LogP contribution in [0.25, 0.3) is 0 Å². The van der Waals surface area contributed by atoms with Gasteiger partial charge in [-0.1, -0.05) is 77.8 Å². The topological polar surface area (TPSA) is 151 Å². The minimum atomic E-state index is -1.07. The number of carbonyl (C=O) groups excluding carboxylic acids is 5. The maximum absolute atomic E-state index is 14.2. The quantitative estimate of drug-likeness (QED) is 0.291. The Morgan fingerprint density at radius 2 is 1.67 bits per heavy atom. The molecular weight excluding hydrogens is 546 g/mol. The van der Waals surface area contributed by atoms with Crippen molar-refractivity contribution in [2.75, 3.05) is 6.54 Å². The van der Waals surface area contributed by atoms with Crippen molar-refractivity contribution < 1.29 is 24.0 Å². The summed E-state index contributed by atoms with van der Waals surface area (Å²) in [6.45, 7) is 10.2. The summed E-state index contributed by atoms with van der Waals surface area (Å²) in [6, 6.07) is 6.97. The van der Waals surface area contributed by atoms with Crippen molar-refractivity contribution in [1.29, 1.82) is 0 Å². The molecule has 1 aliphatic heterocycles. The van der Waals surface area contributed by atoms with Gasteiger partial charge in [-0.2, -0.15) is 0 Å². The lowest BCUT2D eigenvalue weighted by Crippen LogP contribution is -2.64. The van der Waals surface area contributed by atoms with E-state index in [1.807, 2.05) is 39.0 Å². The summed E-state index contributed by atoms with van der Waals surface area (Å²) in [5.41, 5.74) is 5.31. The Morgan fingerprint density at radius 3 is 2.21 bits per heavy atom. The van der Waals surface area contributed by atoms with Crippen molar-refractivity contribution in [2.24, 2.45) is 34.3 Å². The number of rotatable bonds is 11. The van der Waals surface area contributed by atoms with Gasteiger partial charge in [-0.3, -0.25) is 19.2 Å². The van der Waals surface area contributed by atoms with Gasteiger partial charge in [0.15, 0.2) is 0 Å². The number of carbonyl (C=O) groups is 5. The Balaban J connectivity index is 1.31. The molecule has 4 fully saturated rings. The lowest BCUT2D eigenvalue weighted by molar-refractivity contribution is -0.145. The third-order valence-corrected chi connectivity index (χ3v) is 10.4. The first-order chi connectivity index (χ1) is 20.1. The van der Waals surface area contributed by atoms with E-state index in [0.717, 1.165) is 37.7 Å². The van der Waals surface area contributed by atoms with E-state index in [4.69, 9.17) is 5.73 Å². The van der Waals surface area contributed by atoms with Crippen LogP contribution in [0.4, 0.5) is 4.79 Å². The molecule has 1 saturated heterocycles. The van der Waals surface area contributed by atoms with Gasteiger partial charge in [-0.05, 0) is 66.3 Å². The maximum atomic E-state index is 14.2. The Hall–Kier alpha value is -3.43. The summed E-state index contributed by atoms with van der Waals surface area (Å²) >= 11 is 0. The Labute approximate surface area is 254 Å². The molecule has 5 N–H and O–H groups in total. The van der Waals surface area contributed by atoms with Gasteiger partial charge >= 0.3 is 6.03 Å². The van der Waals surface area contributed by atoms with Gasteiger partial charge < -0.3 is 26.6 Å². The van der Waals surface area contributed by atoms with E-state index in [9.17, 15) is 24.0 Å². The zero-order chi connectivity index (χ0) is 31.3. The first-order valence-electron chi connectivity index (χ1n) is 15.7. The molecule has 3 saturated carbocycles. The highest BCUT2D eigenvalue weighted by molar-refractivity contribution is 6.37. The van der Waals surface area contributed by atoms with Crippen LogP contribution in [0.15, 0.2) is 30.3 Å². The highest BCUT2D eigenvalue weighted by Crippen LogP contribution is 2.65. The number of piperidine rings is 1. The van der Waals surface area contributed by atoms with E-state index in [1.54, 1.807) is 4.90 Å². The number of fused-ring (bicyclic) bond motifs is 1. The molecule has 234 valence electrons. The van der Waals surface area contributed by atoms with Crippen molar-refractivity contribution in [2.45, 2.75) is 103 Å². The van der Waals surface area contributed by atoms with Crippen LogP contribution in [0.5, 0.6) is 0 Å². The number of urea groups is 1. The summed E-state index contributed by atoms with van der Waals surface area (Å²) < 4.78 is 0. The van der Waals surface area contributed by atoms with E-state index >= 15 is 0 Å². The molecule has 2 unspecified atom stereocenters. The van der Waals surface area contributed by atoms with Gasteiger partial charge in [0.05, 0.1) is 6.04 Å². The number of nitrogens with two attached hydrogens (primary N) is 1. The van der Waals surface area contributed by atoms with E-state index in [0.29, 0.717) is 19.4 Å². The third kappa shape index (κ3) is 6.43. The van der Waals surface area contributed by atoms with Crippen molar-refractivity contribution >= 4 is 29.5 Å². The van der Waals surface area contributed by atoms with E-state index in [2.05, 4.69) is 41.9 Å². The number of Topliss-reactive ketones (excluding diaryl/α,β-unsaturated/α-hetero) is 1. The van der Waals surface area contributed by atoms with Gasteiger partial charge in [0, 0.05) is 12.1 Å². The molecule has 5 rings (SSSR count). The minimum absolute atomic E-state index is 0.0831. The Morgan fingerprint density at radius 1 is 1.02 bits per heavy atom. The fraction of sp³-hybridized carbons (Fsp3) is 0.667. The van der Waals surface area contributed by atoms with Crippen LogP contribution in [-0.2, 0) is 25.6 Å².